The number of nitrogens with two attached hydrogens (primary N) is 1. The van der Waals surface area contributed by atoms with Gasteiger partial charge in [-0.05, 0) is 24.1 Å². The zero-order valence-corrected chi connectivity index (χ0v) is 8.57. The van der Waals surface area contributed by atoms with Crippen LogP contribution in [0.15, 0.2) is 23.3 Å². The minimum absolute atomic E-state index is 0.398. The number of hydrogen-bond acceptors (Lipinski definition) is 2. The first-order valence-corrected chi connectivity index (χ1v) is 4.60. The maximum Gasteiger partial charge on any atom is 0.0504 e. The van der Waals surface area contributed by atoms with Gasteiger partial charge in [-0.3, -0.25) is 0 Å². The highest BCUT2D eigenvalue weighted by atomic mass is 15.1. The van der Waals surface area contributed by atoms with Gasteiger partial charge in [-0.1, -0.05) is 29.1 Å². The third kappa shape index (κ3) is 3.26. The van der Waals surface area contributed by atoms with Crippen LogP contribution < -0.4 is 5.73 Å². The summed E-state index contributed by atoms with van der Waals surface area (Å²) < 4.78 is 0. The number of hydrogen-bond donors (Lipinski definition) is 1. The molecule has 1 aromatic rings. The summed E-state index contributed by atoms with van der Waals surface area (Å²) in [6.45, 7) is 2.36. The van der Waals surface area contributed by atoms with E-state index >= 15 is 0 Å². The first-order chi connectivity index (χ1) is 7.25. The number of nitrogens with zero attached hydrogens (tertiary/aromatic N) is 3. The van der Waals surface area contributed by atoms with Crippen molar-refractivity contribution >= 4 is 5.69 Å². The summed E-state index contributed by atoms with van der Waals surface area (Å²) in [4.78, 5) is 2.65. The van der Waals surface area contributed by atoms with Crippen molar-refractivity contribution in [2.45, 2.75) is 13.3 Å². The molecule has 0 saturated carbocycles. The standard InChI is InChI=1S/C11H12N4/c1-9-5-4-7-11(12)10(9)6-2-3-8-14-15-13/h4-5,7H,3,8,12H2,1H3. The van der Waals surface area contributed by atoms with E-state index in [9.17, 15) is 0 Å². The first kappa shape index (κ1) is 11.0. The molecule has 76 valence electrons. The lowest BCUT2D eigenvalue weighted by Gasteiger charge is -2.00. The third-order valence-corrected chi connectivity index (χ3v) is 1.92. The van der Waals surface area contributed by atoms with Crippen LogP contribution in [-0.2, 0) is 0 Å². The van der Waals surface area contributed by atoms with Crippen LogP contribution >= 0.6 is 0 Å². The van der Waals surface area contributed by atoms with E-state index in [-0.39, 0.29) is 0 Å². The van der Waals surface area contributed by atoms with Gasteiger partial charge in [0, 0.05) is 23.6 Å². The van der Waals surface area contributed by atoms with Crippen molar-refractivity contribution in [3.8, 4) is 11.8 Å². The van der Waals surface area contributed by atoms with E-state index in [0.717, 1.165) is 11.1 Å². The quantitative estimate of drug-likeness (QED) is 0.195. The summed E-state index contributed by atoms with van der Waals surface area (Å²) >= 11 is 0. The molecular weight excluding hydrogens is 188 g/mol. The molecule has 4 nitrogen and oxygen atoms in total. The van der Waals surface area contributed by atoms with Crippen LogP contribution in [0, 0.1) is 18.8 Å². The molecule has 0 fully saturated rings. The van der Waals surface area contributed by atoms with Gasteiger partial charge in [0.1, 0.15) is 0 Å². The average molecular weight is 200 g/mol. The van der Waals surface area contributed by atoms with Gasteiger partial charge in [-0.2, -0.15) is 0 Å². The van der Waals surface area contributed by atoms with E-state index in [1.165, 1.54) is 0 Å². The minimum Gasteiger partial charge on any atom is -0.398 e. The van der Waals surface area contributed by atoms with E-state index in [0.29, 0.717) is 18.7 Å². The fourth-order valence-electron chi connectivity index (χ4n) is 1.16. The Hall–Kier alpha value is -2.11. The smallest absolute Gasteiger partial charge is 0.0504 e. The molecule has 0 aliphatic carbocycles. The Morgan fingerprint density at radius 1 is 1.53 bits per heavy atom. The fourth-order valence-corrected chi connectivity index (χ4v) is 1.16. The molecule has 0 atom stereocenters. The molecule has 1 rings (SSSR count). The van der Waals surface area contributed by atoms with Gasteiger partial charge in [0.25, 0.3) is 0 Å². The number of nitrogen functional groups attached to an aromatic ring is 1. The summed E-state index contributed by atoms with van der Waals surface area (Å²) in [7, 11) is 0. The van der Waals surface area contributed by atoms with Gasteiger partial charge in [-0.15, -0.1) is 0 Å². The van der Waals surface area contributed by atoms with Crippen molar-refractivity contribution in [3.05, 3.63) is 39.8 Å². The van der Waals surface area contributed by atoms with Crippen molar-refractivity contribution in [1.29, 1.82) is 0 Å². The lowest BCUT2D eigenvalue weighted by Crippen LogP contribution is -1.92. The van der Waals surface area contributed by atoms with Gasteiger partial charge in [0.05, 0.1) is 5.56 Å². The Bertz CT molecular complexity index is 427. The first-order valence-electron chi connectivity index (χ1n) is 4.60. The molecule has 0 unspecified atom stereocenters. The SMILES string of the molecule is Cc1cccc(N)c1C#CCCN=[N+]=[N-]. The average Bonchev–Trinajstić information content (AvgIpc) is 2.21. The molecule has 0 aromatic heterocycles. The summed E-state index contributed by atoms with van der Waals surface area (Å²) in [5.74, 6) is 5.91. The van der Waals surface area contributed by atoms with Crippen molar-refractivity contribution in [3.63, 3.8) is 0 Å². The highest BCUT2D eigenvalue weighted by molar-refractivity contribution is 5.59. The van der Waals surface area contributed by atoms with E-state index in [4.69, 9.17) is 11.3 Å². The van der Waals surface area contributed by atoms with Crippen LogP contribution in [0.3, 0.4) is 0 Å². The van der Waals surface area contributed by atoms with Crippen molar-refractivity contribution in [2.24, 2.45) is 5.11 Å². The van der Waals surface area contributed by atoms with Crippen LogP contribution in [0.5, 0.6) is 0 Å². The molecule has 0 bridgehead atoms. The third-order valence-electron chi connectivity index (χ3n) is 1.92. The number of rotatable bonds is 2. The van der Waals surface area contributed by atoms with E-state index < -0.39 is 0 Å². The minimum atomic E-state index is 0.398. The molecule has 0 heterocycles. The van der Waals surface area contributed by atoms with Crippen LogP contribution in [0.25, 0.3) is 10.4 Å². The fraction of sp³-hybridized carbons (Fsp3) is 0.273. The van der Waals surface area contributed by atoms with Crippen LogP contribution in [0.4, 0.5) is 5.69 Å². The van der Waals surface area contributed by atoms with Gasteiger partial charge < -0.3 is 5.73 Å². The lowest BCUT2D eigenvalue weighted by atomic mass is 10.1. The molecular formula is C11H12N4. The van der Waals surface area contributed by atoms with Gasteiger partial charge in [-0.25, -0.2) is 0 Å². The Kier molecular flexibility index (Phi) is 4.08. The second kappa shape index (κ2) is 5.58. The number of anilines is 1. The monoisotopic (exact) mass is 200 g/mol. The molecule has 0 saturated heterocycles. The molecule has 0 radical (unpaired) electrons. The van der Waals surface area contributed by atoms with Gasteiger partial charge in [0.2, 0.25) is 0 Å². The van der Waals surface area contributed by atoms with Crippen LogP contribution in [0.1, 0.15) is 17.5 Å². The van der Waals surface area contributed by atoms with Gasteiger partial charge in [0.15, 0.2) is 0 Å². The zero-order chi connectivity index (χ0) is 11.1. The summed E-state index contributed by atoms with van der Waals surface area (Å²) in [5.41, 5.74) is 16.4. The normalized spacial score (nSPS) is 8.60. The Balaban J connectivity index is 2.75. The topological polar surface area (TPSA) is 74.8 Å². The predicted octanol–water partition coefficient (Wildman–Crippen LogP) is 2.63. The Morgan fingerprint density at radius 3 is 3.00 bits per heavy atom. The highest BCUT2D eigenvalue weighted by Gasteiger charge is 1.97. The van der Waals surface area contributed by atoms with Crippen LogP contribution in [-0.4, -0.2) is 6.54 Å². The highest BCUT2D eigenvalue weighted by Crippen LogP contribution is 2.14. The second-order valence-corrected chi connectivity index (χ2v) is 3.05. The zero-order valence-electron chi connectivity index (χ0n) is 8.57. The Morgan fingerprint density at radius 2 is 2.33 bits per heavy atom. The Labute approximate surface area is 88.7 Å². The van der Waals surface area contributed by atoms with E-state index in [1.807, 2.05) is 25.1 Å². The molecule has 1 aromatic carbocycles. The second-order valence-electron chi connectivity index (χ2n) is 3.05. The maximum absolute atomic E-state index is 8.06. The van der Waals surface area contributed by atoms with Crippen molar-refractivity contribution in [1.82, 2.24) is 0 Å². The molecule has 4 heteroatoms. The summed E-state index contributed by atoms with van der Waals surface area (Å²) in [6.07, 6.45) is 0.553. The molecule has 0 aliphatic rings. The largest absolute Gasteiger partial charge is 0.398 e. The van der Waals surface area contributed by atoms with Gasteiger partial charge >= 0.3 is 0 Å². The maximum atomic E-state index is 8.06. The number of azide groups is 1. The lowest BCUT2D eigenvalue weighted by molar-refractivity contribution is 1.01. The van der Waals surface area contributed by atoms with E-state index in [2.05, 4.69) is 21.9 Å². The predicted molar refractivity (Wildman–Crippen MR) is 61.1 cm³/mol. The summed E-state index contributed by atoms with van der Waals surface area (Å²) in [5, 5.41) is 3.39. The molecule has 0 spiro atoms. The molecule has 15 heavy (non-hydrogen) atoms. The van der Waals surface area contributed by atoms with E-state index in [1.54, 1.807) is 0 Å². The number of aryl methyl sites for hydroxylation is 1. The molecule has 0 amide bonds. The van der Waals surface area contributed by atoms with Crippen LogP contribution in [0.2, 0.25) is 0 Å². The van der Waals surface area contributed by atoms with Crippen molar-refractivity contribution in [2.75, 3.05) is 12.3 Å². The van der Waals surface area contributed by atoms with Crippen molar-refractivity contribution < 1.29 is 0 Å². The number of benzene rings is 1. The molecule has 2 N–H and O–H groups in total. The summed E-state index contributed by atoms with van der Waals surface area (Å²) in [6, 6.07) is 5.69. The molecule has 0 aliphatic heterocycles.